The average molecular weight is 273 g/mol. The highest BCUT2D eigenvalue weighted by atomic mass is 32.1. The van der Waals surface area contributed by atoms with Crippen molar-refractivity contribution < 1.29 is 9.90 Å². The number of hydrogen-bond donors (Lipinski definition) is 1. The summed E-state index contributed by atoms with van der Waals surface area (Å²) in [7, 11) is 0. The topological polar surface area (TPSA) is 50.2 Å². The van der Waals surface area contributed by atoms with E-state index in [1.54, 1.807) is 11.3 Å². The van der Waals surface area contributed by atoms with Gasteiger partial charge < -0.3 is 5.11 Å². The number of fused-ring (bicyclic) bond motifs is 1. The molecule has 1 N–H and O–H groups in total. The Morgan fingerprint density at radius 1 is 1.37 bits per heavy atom. The third-order valence-electron chi connectivity index (χ3n) is 3.53. The van der Waals surface area contributed by atoms with Gasteiger partial charge in [-0.1, -0.05) is 30.3 Å². The quantitative estimate of drug-likeness (QED) is 0.935. The van der Waals surface area contributed by atoms with Crippen LogP contribution in [0.4, 0.5) is 0 Å². The summed E-state index contributed by atoms with van der Waals surface area (Å²) in [4.78, 5) is 16.9. The molecular weight excluding hydrogens is 258 g/mol. The fraction of sp³-hybridized carbons (Fsp3) is 0.333. The Bertz CT molecular complexity index is 591. The largest absolute Gasteiger partial charge is 0.481 e. The van der Waals surface area contributed by atoms with Crippen molar-refractivity contribution in [3.8, 4) is 0 Å². The lowest BCUT2D eigenvalue weighted by Gasteiger charge is -2.16. The summed E-state index contributed by atoms with van der Waals surface area (Å²) in [5.74, 6) is -0.902. The van der Waals surface area contributed by atoms with Crippen LogP contribution in [0.5, 0.6) is 0 Å². The van der Waals surface area contributed by atoms with E-state index in [1.165, 1.54) is 10.4 Å². The molecule has 2 aromatic rings. The molecule has 0 saturated heterocycles. The summed E-state index contributed by atoms with van der Waals surface area (Å²) in [6.45, 7) is 0. The van der Waals surface area contributed by atoms with Crippen molar-refractivity contribution in [2.24, 2.45) is 5.92 Å². The van der Waals surface area contributed by atoms with Crippen molar-refractivity contribution in [1.29, 1.82) is 0 Å². The van der Waals surface area contributed by atoms with Crippen molar-refractivity contribution in [2.75, 3.05) is 0 Å². The summed E-state index contributed by atoms with van der Waals surface area (Å²) in [5.41, 5.74) is 2.37. The van der Waals surface area contributed by atoms with Gasteiger partial charge in [-0.2, -0.15) is 0 Å². The van der Waals surface area contributed by atoms with Crippen LogP contribution in [-0.2, 0) is 24.1 Å². The summed E-state index contributed by atoms with van der Waals surface area (Å²) < 4.78 is 0. The number of thiazole rings is 1. The number of aliphatic carboxylic acids is 1. The van der Waals surface area contributed by atoms with Gasteiger partial charge in [0.05, 0.1) is 16.6 Å². The molecule has 1 aromatic carbocycles. The van der Waals surface area contributed by atoms with Gasteiger partial charge in [-0.15, -0.1) is 11.3 Å². The molecule has 0 radical (unpaired) electrons. The van der Waals surface area contributed by atoms with E-state index in [2.05, 4.69) is 17.1 Å². The number of carboxylic acids is 1. The zero-order valence-corrected chi connectivity index (χ0v) is 11.3. The first-order valence-electron chi connectivity index (χ1n) is 6.46. The fourth-order valence-corrected chi connectivity index (χ4v) is 3.71. The highest BCUT2D eigenvalue weighted by Crippen LogP contribution is 2.31. The van der Waals surface area contributed by atoms with Crippen LogP contribution in [0.15, 0.2) is 30.3 Å². The molecule has 98 valence electrons. The third-order valence-corrected chi connectivity index (χ3v) is 4.65. The number of carboxylic acid groups (broad SMARTS) is 1. The Balaban J connectivity index is 1.78. The zero-order valence-electron chi connectivity index (χ0n) is 10.5. The van der Waals surface area contributed by atoms with Gasteiger partial charge in [0, 0.05) is 11.3 Å². The predicted octanol–water partition coefficient (Wildman–Crippen LogP) is 2.92. The van der Waals surface area contributed by atoms with Gasteiger partial charge in [-0.3, -0.25) is 4.79 Å². The molecule has 0 amide bonds. The van der Waals surface area contributed by atoms with Crippen LogP contribution in [0, 0.1) is 5.92 Å². The molecule has 3 nitrogen and oxygen atoms in total. The first-order valence-corrected chi connectivity index (χ1v) is 7.28. The van der Waals surface area contributed by atoms with Gasteiger partial charge in [0.2, 0.25) is 0 Å². The molecule has 1 atom stereocenters. The first kappa shape index (κ1) is 12.4. The lowest BCUT2D eigenvalue weighted by atomic mass is 9.91. The van der Waals surface area contributed by atoms with Crippen LogP contribution >= 0.6 is 11.3 Å². The molecule has 1 aliphatic rings. The van der Waals surface area contributed by atoms with E-state index in [9.17, 15) is 4.79 Å². The van der Waals surface area contributed by atoms with E-state index in [0.29, 0.717) is 6.42 Å². The molecule has 0 saturated carbocycles. The number of benzene rings is 1. The molecule has 1 heterocycles. The molecule has 4 heteroatoms. The van der Waals surface area contributed by atoms with E-state index in [0.717, 1.165) is 30.0 Å². The molecule has 0 bridgehead atoms. The highest BCUT2D eigenvalue weighted by Gasteiger charge is 2.26. The highest BCUT2D eigenvalue weighted by molar-refractivity contribution is 7.11. The molecule has 1 aromatic heterocycles. The minimum Gasteiger partial charge on any atom is -0.481 e. The third kappa shape index (κ3) is 2.68. The van der Waals surface area contributed by atoms with Crippen molar-refractivity contribution in [2.45, 2.75) is 25.7 Å². The van der Waals surface area contributed by atoms with Gasteiger partial charge in [0.1, 0.15) is 0 Å². The molecule has 3 rings (SSSR count). The maximum Gasteiger partial charge on any atom is 0.306 e. The Hall–Kier alpha value is -1.68. The molecule has 19 heavy (non-hydrogen) atoms. The van der Waals surface area contributed by atoms with E-state index in [4.69, 9.17) is 5.11 Å². The second kappa shape index (κ2) is 5.13. The maximum absolute atomic E-state index is 11.0. The van der Waals surface area contributed by atoms with Crippen LogP contribution in [-0.4, -0.2) is 16.1 Å². The number of rotatable bonds is 3. The Kier molecular flexibility index (Phi) is 3.34. The normalized spacial score (nSPS) is 18.0. The summed E-state index contributed by atoms with van der Waals surface area (Å²) in [6, 6.07) is 10.3. The zero-order chi connectivity index (χ0) is 13.2. The second-order valence-corrected chi connectivity index (χ2v) is 6.09. The van der Waals surface area contributed by atoms with Crippen LogP contribution in [0.3, 0.4) is 0 Å². The van der Waals surface area contributed by atoms with Gasteiger partial charge in [0.25, 0.3) is 0 Å². The number of aryl methyl sites for hydroxylation is 1. The van der Waals surface area contributed by atoms with E-state index >= 15 is 0 Å². The minimum absolute atomic E-state index is 0.225. The van der Waals surface area contributed by atoms with Crippen molar-refractivity contribution in [3.63, 3.8) is 0 Å². The lowest BCUT2D eigenvalue weighted by Crippen LogP contribution is -2.21. The van der Waals surface area contributed by atoms with Crippen LogP contribution in [0.25, 0.3) is 0 Å². The first-order chi connectivity index (χ1) is 9.22. The van der Waals surface area contributed by atoms with E-state index in [-0.39, 0.29) is 5.92 Å². The SMILES string of the molecule is O=C(O)C1CCc2nc(Cc3ccccc3)sc2C1. The average Bonchev–Trinajstić information content (AvgIpc) is 2.80. The van der Waals surface area contributed by atoms with Gasteiger partial charge in [0.15, 0.2) is 0 Å². The Labute approximate surface area is 115 Å². The van der Waals surface area contributed by atoms with Gasteiger partial charge in [-0.25, -0.2) is 4.98 Å². The van der Waals surface area contributed by atoms with Crippen LogP contribution in [0.1, 0.15) is 27.6 Å². The fourth-order valence-electron chi connectivity index (χ4n) is 2.49. The maximum atomic E-state index is 11.0. The summed E-state index contributed by atoms with van der Waals surface area (Å²) in [5, 5.41) is 10.2. The van der Waals surface area contributed by atoms with E-state index in [1.807, 2.05) is 18.2 Å². The molecule has 0 aliphatic heterocycles. The number of carbonyl (C=O) groups is 1. The molecule has 1 unspecified atom stereocenters. The van der Waals surface area contributed by atoms with Gasteiger partial charge >= 0.3 is 5.97 Å². The Morgan fingerprint density at radius 2 is 2.16 bits per heavy atom. The number of nitrogens with zero attached hydrogens (tertiary/aromatic N) is 1. The molecule has 1 aliphatic carbocycles. The number of hydrogen-bond acceptors (Lipinski definition) is 3. The van der Waals surface area contributed by atoms with Crippen molar-refractivity contribution in [3.05, 3.63) is 51.5 Å². The minimum atomic E-state index is -0.677. The van der Waals surface area contributed by atoms with Crippen LogP contribution < -0.4 is 0 Å². The van der Waals surface area contributed by atoms with Crippen LogP contribution in [0.2, 0.25) is 0 Å². The predicted molar refractivity (Wildman–Crippen MR) is 74.5 cm³/mol. The second-order valence-electron chi connectivity index (χ2n) is 4.92. The molecular formula is C15H15NO2S. The van der Waals surface area contributed by atoms with E-state index < -0.39 is 5.97 Å². The Morgan fingerprint density at radius 3 is 2.89 bits per heavy atom. The lowest BCUT2D eigenvalue weighted by molar-refractivity contribution is -0.142. The monoisotopic (exact) mass is 273 g/mol. The van der Waals surface area contributed by atoms with Crippen molar-refractivity contribution >= 4 is 17.3 Å². The summed E-state index contributed by atoms with van der Waals surface area (Å²) >= 11 is 1.68. The smallest absolute Gasteiger partial charge is 0.306 e. The van der Waals surface area contributed by atoms with Crippen molar-refractivity contribution in [1.82, 2.24) is 4.98 Å². The van der Waals surface area contributed by atoms with Gasteiger partial charge in [-0.05, 0) is 24.8 Å². The number of aromatic nitrogens is 1. The standard InChI is InChI=1S/C15H15NO2S/c17-15(18)11-6-7-12-13(9-11)19-14(16-12)8-10-4-2-1-3-5-10/h1-5,11H,6-9H2,(H,17,18). The molecule has 0 fully saturated rings. The summed E-state index contributed by atoms with van der Waals surface area (Å²) in [6.07, 6.45) is 3.02. The molecule has 0 spiro atoms.